The first-order chi connectivity index (χ1) is 11.7. The molecule has 0 spiro atoms. The summed E-state index contributed by atoms with van der Waals surface area (Å²) < 4.78 is 1.12. The van der Waals surface area contributed by atoms with Crippen molar-refractivity contribution in [3.63, 3.8) is 0 Å². The molecule has 2 aromatic carbocycles. The molecule has 0 fully saturated rings. The Hall–Kier alpha value is -1.34. The molecular formula is C23H29Br. The molecule has 2 rings (SSSR count). The Labute approximate surface area is 156 Å². The Morgan fingerprint density at radius 2 is 1.46 bits per heavy atom. The van der Waals surface area contributed by atoms with E-state index < -0.39 is 0 Å². The molecule has 2 aromatic rings. The number of aryl methyl sites for hydroxylation is 1. The van der Waals surface area contributed by atoms with Crippen molar-refractivity contribution in [1.82, 2.24) is 0 Å². The van der Waals surface area contributed by atoms with Crippen molar-refractivity contribution in [3.05, 3.63) is 69.7 Å². The van der Waals surface area contributed by atoms with Crippen molar-refractivity contribution in [3.8, 4) is 0 Å². The zero-order chi connectivity index (χ0) is 17.2. The van der Waals surface area contributed by atoms with E-state index in [0.717, 1.165) is 4.47 Å². The lowest BCUT2D eigenvalue weighted by atomic mass is 10.00. The van der Waals surface area contributed by atoms with Crippen LogP contribution in [0.4, 0.5) is 0 Å². The highest BCUT2D eigenvalue weighted by molar-refractivity contribution is 9.10. The van der Waals surface area contributed by atoms with Crippen LogP contribution in [0.5, 0.6) is 0 Å². The number of benzene rings is 2. The lowest BCUT2D eigenvalue weighted by Gasteiger charge is -2.06. The van der Waals surface area contributed by atoms with Crippen LogP contribution >= 0.6 is 15.9 Å². The average molecular weight is 385 g/mol. The predicted octanol–water partition coefficient (Wildman–Crippen LogP) is 7.91. The van der Waals surface area contributed by atoms with Crippen LogP contribution in [0, 0.1) is 0 Å². The van der Waals surface area contributed by atoms with E-state index in [1.807, 2.05) is 0 Å². The molecule has 0 saturated carbocycles. The summed E-state index contributed by atoms with van der Waals surface area (Å²) >= 11 is 3.48. The zero-order valence-corrected chi connectivity index (χ0v) is 16.6. The molecule has 0 bridgehead atoms. The highest BCUT2D eigenvalue weighted by Gasteiger charge is 1.99. The van der Waals surface area contributed by atoms with Gasteiger partial charge in [-0.2, -0.15) is 0 Å². The minimum atomic E-state index is 1.12. The molecule has 0 aromatic heterocycles. The summed E-state index contributed by atoms with van der Waals surface area (Å²) in [6.07, 6.45) is 11.6. The van der Waals surface area contributed by atoms with Crippen LogP contribution in [0.3, 0.4) is 0 Å². The van der Waals surface area contributed by atoms with Gasteiger partial charge in [-0.15, -0.1) is 0 Å². The first-order valence-electron chi connectivity index (χ1n) is 9.22. The summed E-state index contributed by atoms with van der Waals surface area (Å²) in [6.45, 7) is 4.46. The van der Waals surface area contributed by atoms with Crippen molar-refractivity contribution < 1.29 is 0 Å². The van der Waals surface area contributed by atoms with E-state index in [2.05, 4.69) is 84.4 Å². The Morgan fingerprint density at radius 1 is 0.833 bits per heavy atom. The topological polar surface area (TPSA) is 0 Å². The third-order valence-corrected chi connectivity index (χ3v) is 5.01. The van der Waals surface area contributed by atoms with Crippen molar-refractivity contribution in [2.24, 2.45) is 0 Å². The van der Waals surface area contributed by atoms with Gasteiger partial charge in [-0.1, -0.05) is 97.4 Å². The van der Waals surface area contributed by atoms with Gasteiger partial charge in [0.15, 0.2) is 0 Å². The number of halogens is 1. The fraction of sp³-hybridized carbons (Fsp3) is 0.391. The number of hydrogen-bond acceptors (Lipinski definition) is 0. The van der Waals surface area contributed by atoms with Crippen LogP contribution in [0.1, 0.15) is 69.1 Å². The molecule has 0 aliphatic rings. The maximum Gasteiger partial charge on any atom is 0.0175 e. The van der Waals surface area contributed by atoms with E-state index in [1.165, 1.54) is 67.2 Å². The van der Waals surface area contributed by atoms with Crippen LogP contribution in [-0.4, -0.2) is 0 Å². The second-order valence-corrected chi connectivity index (χ2v) is 7.51. The van der Waals surface area contributed by atoms with Gasteiger partial charge in [-0.05, 0) is 54.2 Å². The number of hydrogen-bond donors (Lipinski definition) is 0. The van der Waals surface area contributed by atoms with Gasteiger partial charge in [-0.3, -0.25) is 0 Å². The van der Waals surface area contributed by atoms with Crippen LogP contribution in [0.15, 0.2) is 53.0 Å². The Balaban J connectivity index is 1.85. The Bertz CT molecular complexity index is 620. The van der Waals surface area contributed by atoms with Gasteiger partial charge in [0, 0.05) is 4.47 Å². The lowest BCUT2D eigenvalue weighted by molar-refractivity contribution is 0.607. The molecule has 0 saturated heterocycles. The van der Waals surface area contributed by atoms with Gasteiger partial charge in [0.1, 0.15) is 0 Å². The molecule has 128 valence electrons. The Kier molecular flexibility index (Phi) is 8.32. The highest BCUT2D eigenvalue weighted by Crippen LogP contribution is 2.20. The molecule has 0 N–H and O–H groups in total. The predicted molar refractivity (Wildman–Crippen MR) is 111 cm³/mol. The molecule has 24 heavy (non-hydrogen) atoms. The minimum Gasteiger partial charge on any atom is -0.0654 e. The first kappa shape index (κ1) is 19.0. The van der Waals surface area contributed by atoms with E-state index >= 15 is 0 Å². The summed E-state index contributed by atoms with van der Waals surface area (Å²) in [5, 5.41) is 0. The van der Waals surface area contributed by atoms with Crippen molar-refractivity contribution in [1.29, 1.82) is 0 Å². The third-order valence-electron chi connectivity index (χ3n) is 4.48. The van der Waals surface area contributed by atoms with E-state index in [0.29, 0.717) is 0 Å². The maximum atomic E-state index is 3.48. The molecule has 0 aliphatic carbocycles. The van der Waals surface area contributed by atoms with Crippen LogP contribution < -0.4 is 0 Å². The fourth-order valence-electron chi connectivity index (χ4n) is 2.94. The molecule has 0 atom stereocenters. The largest absolute Gasteiger partial charge is 0.0654 e. The number of unbranched alkanes of at least 4 members (excludes halogenated alkanes) is 5. The lowest BCUT2D eigenvalue weighted by Crippen LogP contribution is -1.88. The molecule has 0 unspecified atom stereocenters. The van der Waals surface area contributed by atoms with Crippen molar-refractivity contribution in [2.45, 2.75) is 58.8 Å². The van der Waals surface area contributed by atoms with Gasteiger partial charge in [0.25, 0.3) is 0 Å². The quantitative estimate of drug-likeness (QED) is 0.304. The third kappa shape index (κ3) is 6.65. The standard InChI is InChI=1S/C23H29Br/c1-3-4-5-6-7-8-9-20-10-14-22(15-11-20)19(2)18-21-12-16-23(24)17-13-21/h10-18H,3-9H2,1-2H3. The summed E-state index contributed by atoms with van der Waals surface area (Å²) in [4.78, 5) is 0. The van der Waals surface area contributed by atoms with E-state index in [1.54, 1.807) is 0 Å². The zero-order valence-electron chi connectivity index (χ0n) is 15.0. The average Bonchev–Trinajstić information content (AvgIpc) is 2.60. The highest BCUT2D eigenvalue weighted by atomic mass is 79.9. The van der Waals surface area contributed by atoms with Gasteiger partial charge >= 0.3 is 0 Å². The molecule has 0 heterocycles. The van der Waals surface area contributed by atoms with Gasteiger partial charge in [0.2, 0.25) is 0 Å². The van der Waals surface area contributed by atoms with Crippen molar-refractivity contribution >= 4 is 27.6 Å². The van der Waals surface area contributed by atoms with E-state index in [9.17, 15) is 0 Å². The summed E-state index contributed by atoms with van der Waals surface area (Å²) in [7, 11) is 0. The van der Waals surface area contributed by atoms with Crippen LogP contribution in [0.2, 0.25) is 0 Å². The second kappa shape index (κ2) is 10.5. The summed E-state index contributed by atoms with van der Waals surface area (Å²) in [6, 6.07) is 17.6. The summed E-state index contributed by atoms with van der Waals surface area (Å²) in [5.41, 5.74) is 5.32. The fourth-order valence-corrected chi connectivity index (χ4v) is 3.20. The van der Waals surface area contributed by atoms with Gasteiger partial charge in [0.05, 0.1) is 0 Å². The molecule has 1 heteroatoms. The van der Waals surface area contributed by atoms with E-state index in [-0.39, 0.29) is 0 Å². The monoisotopic (exact) mass is 384 g/mol. The van der Waals surface area contributed by atoms with Crippen LogP contribution in [-0.2, 0) is 6.42 Å². The second-order valence-electron chi connectivity index (χ2n) is 6.59. The molecule has 0 aliphatic heterocycles. The first-order valence-corrected chi connectivity index (χ1v) is 10.0. The van der Waals surface area contributed by atoms with Crippen molar-refractivity contribution in [2.75, 3.05) is 0 Å². The SMILES string of the molecule is CCCCCCCCc1ccc(C(C)=Cc2ccc(Br)cc2)cc1. The molecule has 0 radical (unpaired) electrons. The molecular weight excluding hydrogens is 356 g/mol. The number of rotatable bonds is 9. The van der Waals surface area contributed by atoms with E-state index in [4.69, 9.17) is 0 Å². The summed E-state index contributed by atoms with van der Waals surface area (Å²) in [5.74, 6) is 0. The van der Waals surface area contributed by atoms with Crippen LogP contribution in [0.25, 0.3) is 11.6 Å². The molecule has 0 amide bonds. The normalized spacial score (nSPS) is 11.7. The smallest absolute Gasteiger partial charge is 0.0175 e. The van der Waals surface area contributed by atoms with Gasteiger partial charge in [-0.25, -0.2) is 0 Å². The maximum absolute atomic E-state index is 3.48. The number of allylic oxidation sites excluding steroid dienone is 1. The Morgan fingerprint density at radius 3 is 2.12 bits per heavy atom. The van der Waals surface area contributed by atoms with Gasteiger partial charge < -0.3 is 0 Å². The minimum absolute atomic E-state index is 1.12. The molecule has 0 nitrogen and oxygen atoms in total.